The molecule has 0 atom stereocenters. The summed E-state index contributed by atoms with van der Waals surface area (Å²) in [5.41, 5.74) is 16.5. The molecule has 0 aliphatic carbocycles. The Morgan fingerprint density at radius 3 is 1.57 bits per heavy atom. The number of hydrogen-bond acceptors (Lipinski definition) is 6. The molecule has 12 heteroatoms. The molecule has 7 rings (SSSR count). The standard InChI is InChI=1S/C48H54N4O6S2/c1-11-15-31-17-19-43(59(53,54)55)47(25(31)5)45-29(9)37-21-35-27(7)33(13-3)39(49-35)22-36-28(8)34(14-4)40(50-36)23-38-30(10)46(42(52-38)24-41(45)51-37)48-26(6)32(16-12-2)18-20-44(48)60(56,57)58/h17-24,50-51H,11-16H2,1-10H3,(H,53,54,55)(H,56,57,58). The maximum Gasteiger partial charge on any atom is 0.295 e. The maximum atomic E-state index is 13.2. The van der Waals surface area contributed by atoms with Gasteiger partial charge >= 0.3 is 0 Å². The molecular formula is C48H54N4O6S2. The van der Waals surface area contributed by atoms with Crippen LogP contribution in [0.2, 0.25) is 0 Å². The van der Waals surface area contributed by atoms with Gasteiger partial charge in [-0.3, -0.25) is 9.11 Å². The van der Waals surface area contributed by atoms with Gasteiger partial charge < -0.3 is 9.97 Å². The lowest BCUT2D eigenvalue weighted by Gasteiger charge is -2.17. The van der Waals surface area contributed by atoms with Crippen molar-refractivity contribution in [2.24, 2.45) is 0 Å². The highest BCUT2D eigenvalue weighted by Crippen LogP contribution is 2.44. The third kappa shape index (κ3) is 7.37. The Bertz CT molecular complexity index is 3090. The average molecular weight is 847 g/mol. The normalized spacial score (nSPS) is 13.5. The van der Waals surface area contributed by atoms with Crippen molar-refractivity contribution >= 4 is 64.6 Å². The van der Waals surface area contributed by atoms with E-state index in [0.717, 1.165) is 92.6 Å². The highest BCUT2D eigenvalue weighted by molar-refractivity contribution is 7.86. The van der Waals surface area contributed by atoms with E-state index in [1.807, 2.05) is 45.9 Å². The third-order valence-corrected chi connectivity index (χ3v) is 14.2. The van der Waals surface area contributed by atoms with Gasteiger partial charge in [0.05, 0.1) is 22.8 Å². The van der Waals surface area contributed by atoms with Crippen LogP contribution in [0.4, 0.5) is 0 Å². The Labute approximate surface area is 353 Å². The van der Waals surface area contributed by atoms with Crippen LogP contribution in [-0.2, 0) is 39.5 Å². The predicted octanol–water partition coefficient (Wildman–Crippen LogP) is 11.5. The molecule has 60 heavy (non-hydrogen) atoms. The van der Waals surface area contributed by atoms with Gasteiger partial charge in [-0.1, -0.05) is 52.7 Å². The van der Waals surface area contributed by atoms with Crippen LogP contribution in [0.15, 0.2) is 58.3 Å². The number of fused-ring (bicyclic) bond motifs is 8. The molecule has 5 aromatic rings. The first kappa shape index (κ1) is 43.0. The Balaban J connectivity index is 1.76. The molecule has 10 nitrogen and oxygen atoms in total. The highest BCUT2D eigenvalue weighted by Gasteiger charge is 2.30. The van der Waals surface area contributed by atoms with Crippen LogP contribution in [0, 0.1) is 27.7 Å². The van der Waals surface area contributed by atoms with Crippen LogP contribution < -0.4 is 0 Å². The molecule has 2 aliphatic heterocycles. The summed E-state index contributed by atoms with van der Waals surface area (Å²) in [6, 6.07) is 14.4. The monoisotopic (exact) mass is 846 g/mol. The van der Waals surface area contributed by atoms with Crippen LogP contribution in [0.25, 0.3) is 55.5 Å². The van der Waals surface area contributed by atoms with Crippen molar-refractivity contribution in [2.75, 3.05) is 0 Å². The maximum absolute atomic E-state index is 13.2. The van der Waals surface area contributed by atoms with E-state index in [1.165, 1.54) is 12.1 Å². The molecule has 0 amide bonds. The second kappa shape index (κ2) is 16.0. The van der Waals surface area contributed by atoms with Crippen molar-refractivity contribution in [3.8, 4) is 11.1 Å². The van der Waals surface area contributed by atoms with E-state index in [4.69, 9.17) is 9.97 Å². The molecule has 0 spiro atoms. The second-order valence-corrected chi connectivity index (χ2v) is 18.8. The smallest absolute Gasteiger partial charge is 0.295 e. The number of aromatic nitrogens is 4. The van der Waals surface area contributed by atoms with Crippen molar-refractivity contribution in [1.82, 2.24) is 19.9 Å². The topological polar surface area (TPSA) is 166 Å². The molecule has 2 aliphatic rings. The van der Waals surface area contributed by atoms with Gasteiger partial charge in [-0.2, -0.15) is 16.8 Å². The second-order valence-electron chi connectivity index (χ2n) is 16.1. The zero-order chi connectivity index (χ0) is 43.6. The summed E-state index contributed by atoms with van der Waals surface area (Å²) >= 11 is 0. The molecule has 0 saturated heterocycles. The van der Waals surface area contributed by atoms with Gasteiger partial charge in [0.1, 0.15) is 9.79 Å². The van der Waals surface area contributed by atoms with E-state index >= 15 is 0 Å². The van der Waals surface area contributed by atoms with E-state index in [9.17, 15) is 25.9 Å². The summed E-state index contributed by atoms with van der Waals surface area (Å²) < 4.78 is 74.5. The summed E-state index contributed by atoms with van der Waals surface area (Å²) in [6.45, 7) is 20.1. The van der Waals surface area contributed by atoms with Gasteiger partial charge in [-0.25, -0.2) is 9.97 Å². The summed E-state index contributed by atoms with van der Waals surface area (Å²) in [5, 5.41) is 0. The highest BCUT2D eigenvalue weighted by atomic mass is 32.2. The molecule has 0 saturated carbocycles. The third-order valence-electron chi connectivity index (χ3n) is 12.4. The number of H-pyrrole nitrogens is 2. The summed E-state index contributed by atoms with van der Waals surface area (Å²) in [4.78, 5) is 17.3. The van der Waals surface area contributed by atoms with Gasteiger partial charge in [-0.15, -0.1) is 0 Å². The van der Waals surface area contributed by atoms with Gasteiger partial charge in [0.2, 0.25) is 0 Å². The van der Waals surface area contributed by atoms with Crippen LogP contribution >= 0.6 is 0 Å². The molecule has 3 aromatic heterocycles. The fourth-order valence-electron chi connectivity index (χ4n) is 9.24. The number of aryl methyl sites for hydroxylation is 5. The van der Waals surface area contributed by atoms with E-state index in [0.29, 0.717) is 68.7 Å². The largest absolute Gasteiger partial charge is 0.355 e. The molecule has 314 valence electrons. The zero-order valence-corrected chi connectivity index (χ0v) is 37.7. The molecule has 0 radical (unpaired) electrons. The minimum absolute atomic E-state index is 0.218. The van der Waals surface area contributed by atoms with Gasteiger partial charge in [0.15, 0.2) is 0 Å². The molecule has 0 unspecified atom stereocenters. The van der Waals surface area contributed by atoms with Crippen LogP contribution in [-0.4, -0.2) is 45.9 Å². The molecule has 8 bridgehead atoms. The average Bonchev–Trinajstić information content (AvgIpc) is 3.85. The molecule has 4 N–H and O–H groups in total. The fourth-order valence-corrected chi connectivity index (χ4v) is 10.7. The Morgan fingerprint density at radius 1 is 0.517 bits per heavy atom. The van der Waals surface area contributed by atoms with Crippen molar-refractivity contribution < 1.29 is 25.9 Å². The lowest BCUT2D eigenvalue weighted by atomic mass is 9.90. The summed E-state index contributed by atoms with van der Waals surface area (Å²) in [5.74, 6) is 0. The first-order valence-electron chi connectivity index (χ1n) is 20.7. The van der Waals surface area contributed by atoms with Crippen LogP contribution in [0.1, 0.15) is 128 Å². The molecular weight excluding hydrogens is 793 g/mol. The Hall–Kier alpha value is -5.14. The lowest BCUT2D eigenvalue weighted by Crippen LogP contribution is -2.07. The number of rotatable bonds is 10. The lowest BCUT2D eigenvalue weighted by molar-refractivity contribution is 0.481. The number of aromatic amines is 2. The number of nitrogens with zero attached hydrogens (tertiary/aromatic N) is 2. The van der Waals surface area contributed by atoms with Crippen LogP contribution in [0.3, 0.4) is 0 Å². The minimum atomic E-state index is -4.71. The predicted molar refractivity (Wildman–Crippen MR) is 243 cm³/mol. The molecule has 5 heterocycles. The first-order valence-corrected chi connectivity index (χ1v) is 23.6. The van der Waals surface area contributed by atoms with E-state index in [2.05, 4.69) is 57.6 Å². The Kier molecular flexibility index (Phi) is 11.5. The summed E-state index contributed by atoms with van der Waals surface area (Å²) in [6.07, 6.45) is 4.54. The number of hydrogen-bond donors (Lipinski definition) is 4. The first-order chi connectivity index (χ1) is 28.3. The quantitative estimate of drug-likeness (QED) is 0.101. The van der Waals surface area contributed by atoms with E-state index < -0.39 is 20.2 Å². The van der Waals surface area contributed by atoms with Crippen molar-refractivity contribution in [3.05, 3.63) is 116 Å². The minimum Gasteiger partial charge on any atom is -0.355 e. The van der Waals surface area contributed by atoms with E-state index in [1.54, 1.807) is 12.1 Å². The number of allylic oxidation sites excluding steroid dienone is 3. The van der Waals surface area contributed by atoms with Crippen LogP contribution in [0.5, 0.6) is 0 Å². The van der Waals surface area contributed by atoms with Gasteiger partial charge in [-0.05, 0) is 159 Å². The zero-order valence-electron chi connectivity index (χ0n) is 36.1. The van der Waals surface area contributed by atoms with Gasteiger partial charge in [0.25, 0.3) is 20.2 Å². The Morgan fingerprint density at radius 2 is 1.00 bits per heavy atom. The fraction of sp³-hybridized carbons (Fsp3) is 0.333. The molecule has 2 aromatic carbocycles. The molecule has 0 fully saturated rings. The van der Waals surface area contributed by atoms with E-state index in [-0.39, 0.29) is 9.79 Å². The number of nitrogens with one attached hydrogen (secondary N) is 2. The van der Waals surface area contributed by atoms with Crippen molar-refractivity contribution in [2.45, 2.75) is 118 Å². The van der Waals surface area contributed by atoms with Crippen molar-refractivity contribution in [1.29, 1.82) is 0 Å². The van der Waals surface area contributed by atoms with Gasteiger partial charge in [0, 0.05) is 44.3 Å². The number of benzene rings is 2. The SMILES string of the molecule is CCCc1ccc(S(=O)(=O)O)c(C2=C(C)c3cc4[nH]c(cc5nc(cc6[nH]c(cc2n3)c(-c2c(S(=O)(=O)O)ccc(CCC)c2C)c6C)C(C)=C5CC)c(C)c4CC)c1C. The summed E-state index contributed by atoms with van der Waals surface area (Å²) in [7, 11) is -9.41. The van der Waals surface area contributed by atoms with Crippen molar-refractivity contribution in [3.63, 3.8) is 0 Å².